The van der Waals surface area contributed by atoms with Gasteiger partial charge in [-0.1, -0.05) is 25.5 Å². The van der Waals surface area contributed by atoms with Crippen molar-refractivity contribution in [1.82, 2.24) is 0 Å². The van der Waals surface area contributed by atoms with Gasteiger partial charge in [-0.3, -0.25) is 4.79 Å². The van der Waals surface area contributed by atoms with Crippen molar-refractivity contribution < 1.29 is 4.79 Å². The number of aryl methyl sites for hydroxylation is 1. The van der Waals surface area contributed by atoms with E-state index < -0.39 is 0 Å². The summed E-state index contributed by atoms with van der Waals surface area (Å²) in [6.07, 6.45) is 2.58. The van der Waals surface area contributed by atoms with Crippen LogP contribution in [-0.2, 0) is 4.79 Å². The lowest BCUT2D eigenvalue weighted by Crippen LogP contribution is -2.46. The lowest BCUT2D eigenvalue weighted by molar-refractivity contribution is -0.116. The van der Waals surface area contributed by atoms with Crippen molar-refractivity contribution >= 4 is 23.0 Å². The van der Waals surface area contributed by atoms with Crippen molar-refractivity contribution in [3.63, 3.8) is 0 Å². The number of carbonyl (C=O) groups excluding carboxylic acids is 1. The van der Waals surface area contributed by atoms with E-state index >= 15 is 0 Å². The zero-order chi connectivity index (χ0) is 18.4. The monoisotopic (exact) mass is 351 g/mol. The van der Waals surface area contributed by atoms with E-state index in [1.807, 2.05) is 12.1 Å². The maximum absolute atomic E-state index is 11.8. The van der Waals surface area contributed by atoms with Crippen LogP contribution >= 0.6 is 0 Å². The number of piperazine rings is 1. The van der Waals surface area contributed by atoms with Crippen molar-refractivity contribution in [3.8, 4) is 0 Å². The summed E-state index contributed by atoms with van der Waals surface area (Å²) in [5, 5.41) is 2.98. The summed E-state index contributed by atoms with van der Waals surface area (Å²) in [5.41, 5.74) is 4.73. The molecule has 0 unspecified atom stereocenters. The van der Waals surface area contributed by atoms with E-state index in [2.05, 4.69) is 65.4 Å². The Kier molecular flexibility index (Phi) is 6.16. The molecular formula is C22H29N3O. The molecule has 0 saturated carbocycles. The third kappa shape index (κ3) is 4.78. The Labute approximate surface area is 156 Å². The normalized spacial score (nSPS) is 14.4. The minimum Gasteiger partial charge on any atom is -0.368 e. The van der Waals surface area contributed by atoms with Gasteiger partial charge in [0.2, 0.25) is 5.91 Å². The summed E-state index contributed by atoms with van der Waals surface area (Å²) in [6.45, 7) is 8.31. The molecule has 26 heavy (non-hydrogen) atoms. The van der Waals surface area contributed by atoms with E-state index in [1.165, 1.54) is 16.9 Å². The van der Waals surface area contributed by atoms with Gasteiger partial charge in [-0.25, -0.2) is 0 Å². The number of nitrogens with zero attached hydrogens (tertiary/aromatic N) is 2. The highest BCUT2D eigenvalue weighted by atomic mass is 16.1. The average molecular weight is 351 g/mol. The highest BCUT2D eigenvalue weighted by Crippen LogP contribution is 2.23. The Morgan fingerprint density at radius 2 is 1.62 bits per heavy atom. The van der Waals surface area contributed by atoms with E-state index in [-0.39, 0.29) is 5.91 Å². The number of hydrogen-bond donors (Lipinski definition) is 1. The average Bonchev–Trinajstić information content (AvgIpc) is 2.67. The summed E-state index contributed by atoms with van der Waals surface area (Å²) in [6, 6.07) is 16.9. The Bertz CT molecular complexity index is 718. The van der Waals surface area contributed by atoms with E-state index in [0.717, 1.165) is 44.7 Å². The van der Waals surface area contributed by atoms with Crippen molar-refractivity contribution in [2.75, 3.05) is 41.3 Å². The standard InChI is InChI=1S/C22H29N3O/c1-3-4-8-22(26)23-19-9-11-20(12-10-19)24-13-15-25(16-14-24)21-7-5-6-18(2)17-21/h5-7,9-12,17H,3-4,8,13-16H2,1-2H3,(H,23,26). The highest BCUT2D eigenvalue weighted by molar-refractivity contribution is 5.90. The largest absolute Gasteiger partial charge is 0.368 e. The number of benzene rings is 2. The second-order valence-electron chi connectivity index (χ2n) is 7.01. The summed E-state index contributed by atoms with van der Waals surface area (Å²) < 4.78 is 0. The summed E-state index contributed by atoms with van der Waals surface area (Å²) in [5.74, 6) is 0.103. The van der Waals surface area contributed by atoms with Crippen LogP contribution in [-0.4, -0.2) is 32.1 Å². The highest BCUT2D eigenvalue weighted by Gasteiger charge is 2.17. The number of nitrogens with one attached hydrogen (secondary N) is 1. The number of rotatable bonds is 6. The fourth-order valence-electron chi connectivity index (χ4n) is 3.36. The molecule has 0 aromatic heterocycles. The predicted octanol–water partition coefficient (Wildman–Crippen LogP) is 4.45. The van der Waals surface area contributed by atoms with Crippen LogP contribution in [0.3, 0.4) is 0 Å². The molecule has 1 N–H and O–H groups in total. The second kappa shape index (κ2) is 8.75. The summed E-state index contributed by atoms with van der Waals surface area (Å²) in [7, 11) is 0. The Morgan fingerprint density at radius 1 is 0.962 bits per heavy atom. The van der Waals surface area contributed by atoms with E-state index in [4.69, 9.17) is 0 Å². The molecule has 0 spiro atoms. The van der Waals surface area contributed by atoms with Gasteiger partial charge in [0.25, 0.3) is 0 Å². The molecular weight excluding hydrogens is 322 g/mol. The minimum atomic E-state index is 0.103. The maximum atomic E-state index is 11.8. The van der Waals surface area contributed by atoms with Crippen molar-refractivity contribution in [1.29, 1.82) is 0 Å². The molecule has 0 bridgehead atoms. The minimum absolute atomic E-state index is 0.103. The van der Waals surface area contributed by atoms with Crippen LogP contribution < -0.4 is 15.1 Å². The van der Waals surface area contributed by atoms with Gasteiger partial charge in [0, 0.05) is 49.7 Å². The van der Waals surface area contributed by atoms with Crippen molar-refractivity contribution in [2.45, 2.75) is 33.1 Å². The zero-order valence-corrected chi connectivity index (χ0v) is 15.9. The van der Waals surface area contributed by atoms with Gasteiger partial charge in [0.05, 0.1) is 0 Å². The quantitative estimate of drug-likeness (QED) is 0.835. The summed E-state index contributed by atoms with van der Waals surface area (Å²) in [4.78, 5) is 16.7. The molecule has 1 amide bonds. The van der Waals surface area contributed by atoms with Crippen LogP contribution in [0.4, 0.5) is 17.1 Å². The van der Waals surface area contributed by atoms with Gasteiger partial charge in [-0.15, -0.1) is 0 Å². The molecule has 1 aliphatic heterocycles. The molecule has 4 nitrogen and oxygen atoms in total. The van der Waals surface area contributed by atoms with E-state index in [0.29, 0.717) is 6.42 Å². The van der Waals surface area contributed by atoms with Crippen LogP contribution in [0.5, 0.6) is 0 Å². The van der Waals surface area contributed by atoms with Gasteiger partial charge in [0.1, 0.15) is 0 Å². The van der Waals surface area contributed by atoms with Gasteiger partial charge in [-0.05, 0) is 55.3 Å². The molecule has 1 fully saturated rings. The fraction of sp³-hybridized carbons (Fsp3) is 0.409. The third-order valence-electron chi connectivity index (χ3n) is 4.92. The van der Waals surface area contributed by atoms with Gasteiger partial charge < -0.3 is 15.1 Å². The maximum Gasteiger partial charge on any atom is 0.224 e. The molecule has 1 heterocycles. The SMILES string of the molecule is CCCCC(=O)Nc1ccc(N2CCN(c3cccc(C)c3)CC2)cc1. The number of amides is 1. The van der Waals surface area contributed by atoms with Crippen molar-refractivity contribution in [3.05, 3.63) is 54.1 Å². The topological polar surface area (TPSA) is 35.6 Å². The zero-order valence-electron chi connectivity index (χ0n) is 15.9. The van der Waals surface area contributed by atoms with Gasteiger partial charge in [0.15, 0.2) is 0 Å². The first-order valence-corrected chi connectivity index (χ1v) is 9.62. The molecule has 1 saturated heterocycles. The first kappa shape index (κ1) is 18.3. The number of hydrogen-bond acceptors (Lipinski definition) is 3. The molecule has 0 radical (unpaired) electrons. The van der Waals surface area contributed by atoms with Crippen LogP contribution in [0.1, 0.15) is 31.7 Å². The molecule has 4 heteroatoms. The van der Waals surface area contributed by atoms with E-state index in [9.17, 15) is 4.79 Å². The van der Waals surface area contributed by atoms with E-state index in [1.54, 1.807) is 0 Å². The number of unbranched alkanes of at least 4 members (excludes halogenated alkanes) is 1. The molecule has 1 aliphatic rings. The molecule has 3 rings (SSSR count). The molecule has 2 aromatic carbocycles. The molecule has 0 atom stereocenters. The number of carbonyl (C=O) groups is 1. The Morgan fingerprint density at radius 3 is 2.23 bits per heavy atom. The first-order chi connectivity index (χ1) is 12.7. The third-order valence-corrected chi connectivity index (χ3v) is 4.92. The van der Waals surface area contributed by atoms with Crippen LogP contribution in [0, 0.1) is 6.92 Å². The lowest BCUT2D eigenvalue weighted by Gasteiger charge is -2.37. The smallest absolute Gasteiger partial charge is 0.224 e. The van der Waals surface area contributed by atoms with Crippen LogP contribution in [0.2, 0.25) is 0 Å². The predicted molar refractivity (Wildman–Crippen MR) is 110 cm³/mol. The fourth-order valence-corrected chi connectivity index (χ4v) is 3.36. The summed E-state index contributed by atoms with van der Waals surface area (Å²) >= 11 is 0. The van der Waals surface area contributed by atoms with Gasteiger partial charge >= 0.3 is 0 Å². The van der Waals surface area contributed by atoms with Gasteiger partial charge in [-0.2, -0.15) is 0 Å². The lowest BCUT2D eigenvalue weighted by atomic mass is 10.1. The second-order valence-corrected chi connectivity index (χ2v) is 7.01. The van der Waals surface area contributed by atoms with Crippen LogP contribution in [0.25, 0.3) is 0 Å². The Balaban J connectivity index is 1.54. The van der Waals surface area contributed by atoms with Crippen LogP contribution in [0.15, 0.2) is 48.5 Å². The molecule has 2 aromatic rings. The first-order valence-electron chi connectivity index (χ1n) is 9.62. The molecule has 138 valence electrons. The van der Waals surface area contributed by atoms with Crippen molar-refractivity contribution in [2.24, 2.45) is 0 Å². The Hall–Kier alpha value is -2.49. The molecule has 0 aliphatic carbocycles. The number of anilines is 3.